The van der Waals surface area contributed by atoms with Gasteiger partial charge in [-0.3, -0.25) is 0 Å². The van der Waals surface area contributed by atoms with Gasteiger partial charge in [0, 0.05) is 12.0 Å². The SMILES string of the molecule is COc1ccc2c(c1OCc1cn(Cc3ccccc3)nn1)CC(CO)O2. The molecule has 1 atom stereocenters. The van der Waals surface area contributed by atoms with E-state index >= 15 is 0 Å². The van der Waals surface area contributed by atoms with Crippen molar-refractivity contribution in [2.24, 2.45) is 0 Å². The molecule has 0 saturated carbocycles. The summed E-state index contributed by atoms with van der Waals surface area (Å²) in [5.74, 6) is 1.98. The zero-order chi connectivity index (χ0) is 18.6. The second kappa shape index (κ2) is 7.67. The molecule has 0 radical (unpaired) electrons. The van der Waals surface area contributed by atoms with Gasteiger partial charge in [-0.05, 0) is 17.7 Å². The Labute approximate surface area is 157 Å². The Kier molecular flexibility index (Phi) is 4.93. The Morgan fingerprint density at radius 1 is 1.22 bits per heavy atom. The van der Waals surface area contributed by atoms with Crippen molar-refractivity contribution >= 4 is 0 Å². The molecule has 4 rings (SSSR count). The van der Waals surface area contributed by atoms with Crippen LogP contribution in [0.2, 0.25) is 0 Å². The fourth-order valence-corrected chi connectivity index (χ4v) is 3.16. The molecule has 2 heterocycles. The summed E-state index contributed by atoms with van der Waals surface area (Å²) in [6.07, 6.45) is 2.20. The molecule has 0 bridgehead atoms. The average Bonchev–Trinajstić information content (AvgIpc) is 3.33. The molecule has 3 aromatic rings. The number of rotatable bonds is 7. The normalized spacial score (nSPS) is 15.3. The first-order valence-corrected chi connectivity index (χ1v) is 8.80. The Morgan fingerprint density at radius 3 is 2.85 bits per heavy atom. The third kappa shape index (κ3) is 3.73. The van der Waals surface area contributed by atoms with E-state index in [1.165, 1.54) is 0 Å². The molecule has 1 N–H and O–H groups in total. The molecule has 0 fully saturated rings. The molecule has 1 aromatic heterocycles. The van der Waals surface area contributed by atoms with E-state index in [1.54, 1.807) is 17.9 Å². The van der Waals surface area contributed by atoms with Crippen LogP contribution in [-0.2, 0) is 19.6 Å². The van der Waals surface area contributed by atoms with E-state index in [9.17, 15) is 5.11 Å². The molecule has 7 heteroatoms. The van der Waals surface area contributed by atoms with E-state index in [-0.39, 0.29) is 19.3 Å². The van der Waals surface area contributed by atoms with E-state index in [0.29, 0.717) is 24.5 Å². The molecule has 0 aliphatic carbocycles. The molecule has 0 spiro atoms. The maximum absolute atomic E-state index is 9.37. The molecule has 0 saturated heterocycles. The van der Waals surface area contributed by atoms with Gasteiger partial charge in [0.25, 0.3) is 0 Å². The molecule has 7 nitrogen and oxygen atoms in total. The zero-order valence-corrected chi connectivity index (χ0v) is 15.0. The molecular weight excluding hydrogens is 346 g/mol. The van der Waals surface area contributed by atoms with E-state index in [0.717, 1.165) is 22.6 Å². The number of aliphatic hydroxyl groups is 1. The predicted octanol–water partition coefficient (Wildman–Crippen LogP) is 2.21. The first kappa shape index (κ1) is 17.4. The minimum Gasteiger partial charge on any atom is -0.493 e. The lowest BCUT2D eigenvalue weighted by Crippen LogP contribution is -2.17. The highest BCUT2D eigenvalue weighted by Crippen LogP contribution is 2.42. The van der Waals surface area contributed by atoms with Crippen molar-refractivity contribution in [1.29, 1.82) is 0 Å². The quantitative estimate of drug-likeness (QED) is 0.690. The average molecular weight is 367 g/mol. The highest BCUT2D eigenvalue weighted by atomic mass is 16.5. The van der Waals surface area contributed by atoms with Gasteiger partial charge in [0.2, 0.25) is 0 Å². The van der Waals surface area contributed by atoms with Gasteiger partial charge in [-0.15, -0.1) is 5.10 Å². The Bertz CT molecular complexity index is 911. The fourth-order valence-electron chi connectivity index (χ4n) is 3.16. The molecule has 0 amide bonds. The van der Waals surface area contributed by atoms with Crippen LogP contribution in [0, 0.1) is 0 Å². The minimum atomic E-state index is -0.249. The number of hydrogen-bond acceptors (Lipinski definition) is 6. The topological polar surface area (TPSA) is 78.6 Å². The van der Waals surface area contributed by atoms with Crippen LogP contribution in [0.15, 0.2) is 48.7 Å². The van der Waals surface area contributed by atoms with E-state index in [4.69, 9.17) is 14.2 Å². The largest absolute Gasteiger partial charge is 0.493 e. The third-order valence-electron chi connectivity index (χ3n) is 4.47. The number of fused-ring (bicyclic) bond motifs is 1. The number of hydrogen-bond donors (Lipinski definition) is 1. The summed E-state index contributed by atoms with van der Waals surface area (Å²) in [6.45, 7) is 0.888. The highest BCUT2D eigenvalue weighted by Gasteiger charge is 2.28. The smallest absolute Gasteiger partial charge is 0.168 e. The standard InChI is InChI=1S/C20H21N3O4/c1-25-19-8-7-18-17(9-16(12-24)27-18)20(19)26-13-15-11-23(22-21-15)10-14-5-3-2-4-6-14/h2-8,11,16,24H,9-10,12-13H2,1H3. The van der Waals surface area contributed by atoms with Crippen molar-refractivity contribution in [2.75, 3.05) is 13.7 Å². The molecular formula is C20H21N3O4. The molecule has 140 valence electrons. The van der Waals surface area contributed by atoms with Crippen LogP contribution in [0.1, 0.15) is 16.8 Å². The summed E-state index contributed by atoms with van der Waals surface area (Å²) in [4.78, 5) is 0. The third-order valence-corrected chi connectivity index (χ3v) is 4.47. The summed E-state index contributed by atoms with van der Waals surface area (Å²) in [7, 11) is 1.60. The maximum atomic E-state index is 9.37. The Hall–Kier alpha value is -3.06. The zero-order valence-electron chi connectivity index (χ0n) is 15.0. The fraction of sp³-hybridized carbons (Fsp3) is 0.300. The number of nitrogens with zero attached hydrogens (tertiary/aromatic N) is 3. The molecule has 1 aliphatic rings. The van der Waals surface area contributed by atoms with Crippen molar-refractivity contribution < 1.29 is 19.3 Å². The van der Waals surface area contributed by atoms with Crippen molar-refractivity contribution in [3.8, 4) is 17.2 Å². The molecule has 2 aromatic carbocycles. The van der Waals surface area contributed by atoms with Gasteiger partial charge in [0.15, 0.2) is 11.5 Å². The van der Waals surface area contributed by atoms with Gasteiger partial charge in [-0.25, -0.2) is 4.68 Å². The Balaban J connectivity index is 1.47. The number of aliphatic hydroxyl groups excluding tert-OH is 1. The van der Waals surface area contributed by atoms with E-state index < -0.39 is 0 Å². The Morgan fingerprint density at radius 2 is 2.07 bits per heavy atom. The highest BCUT2D eigenvalue weighted by molar-refractivity contribution is 5.56. The maximum Gasteiger partial charge on any atom is 0.168 e. The van der Waals surface area contributed by atoms with Gasteiger partial charge in [0.1, 0.15) is 24.2 Å². The predicted molar refractivity (Wildman–Crippen MR) is 98.1 cm³/mol. The van der Waals surface area contributed by atoms with Gasteiger partial charge < -0.3 is 19.3 Å². The van der Waals surface area contributed by atoms with E-state index in [1.807, 2.05) is 42.6 Å². The summed E-state index contributed by atoms with van der Waals surface area (Å²) in [5.41, 5.74) is 2.79. The lowest BCUT2D eigenvalue weighted by molar-refractivity contribution is 0.134. The molecule has 1 aliphatic heterocycles. The van der Waals surface area contributed by atoms with Gasteiger partial charge in [-0.2, -0.15) is 0 Å². The number of methoxy groups -OCH3 is 1. The van der Waals surface area contributed by atoms with Crippen LogP contribution in [-0.4, -0.2) is 39.9 Å². The summed E-state index contributed by atoms with van der Waals surface area (Å²) < 4.78 is 18.9. The van der Waals surface area contributed by atoms with Crippen LogP contribution in [0.5, 0.6) is 17.2 Å². The summed E-state index contributed by atoms with van der Waals surface area (Å²) in [5, 5.41) is 17.7. The van der Waals surface area contributed by atoms with Crippen LogP contribution >= 0.6 is 0 Å². The lowest BCUT2D eigenvalue weighted by atomic mass is 10.1. The van der Waals surface area contributed by atoms with Gasteiger partial charge in [0.05, 0.1) is 26.5 Å². The first-order chi connectivity index (χ1) is 13.3. The van der Waals surface area contributed by atoms with Crippen molar-refractivity contribution in [1.82, 2.24) is 15.0 Å². The number of ether oxygens (including phenoxy) is 3. The van der Waals surface area contributed by atoms with E-state index in [2.05, 4.69) is 10.3 Å². The van der Waals surface area contributed by atoms with Crippen molar-refractivity contribution in [3.05, 3.63) is 65.5 Å². The van der Waals surface area contributed by atoms with Crippen LogP contribution in [0.25, 0.3) is 0 Å². The molecule has 1 unspecified atom stereocenters. The summed E-state index contributed by atoms with van der Waals surface area (Å²) >= 11 is 0. The van der Waals surface area contributed by atoms with Crippen molar-refractivity contribution in [3.63, 3.8) is 0 Å². The van der Waals surface area contributed by atoms with Gasteiger partial charge in [-0.1, -0.05) is 35.5 Å². The first-order valence-electron chi connectivity index (χ1n) is 8.80. The second-order valence-corrected chi connectivity index (χ2v) is 6.38. The number of aromatic nitrogens is 3. The van der Waals surface area contributed by atoms with Crippen LogP contribution in [0.4, 0.5) is 0 Å². The van der Waals surface area contributed by atoms with Gasteiger partial charge >= 0.3 is 0 Å². The number of benzene rings is 2. The lowest BCUT2D eigenvalue weighted by Gasteiger charge is -2.12. The molecule has 27 heavy (non-hydrogen) atoms. The summed E-state index contributed by atoms with van der Waals surface area (Å²) in [6, 6.07) is 13.7. The monoisotopic (exact) mass is 367 g/mol. The second-order valence-electron chi connectivity index (χ2n) is 6.38. The van der Waals surface area contributed by atoms with Crippen LogP contribution in [0.3, 0.4) is 0 Å². The minimum absolute atomic E-state index is 0.0375. The van der Waals surface area contributed by atoms with Crippen molar-refractivity contribution in [2.45, 2.75) is 25.7 Å². The van der Waals surface area contributed by atoms with Crippen LogP contribution < -0.4 is 14.2 Å².